The molecule has 1 fully saturated rings. The van der Waals surface area contributed by atoms with Crippen LogP contribution in [0.4, 0.5) is 18.0 Å². The van der Waals surface area contributed by atoms with Crippen molar-refractivity contribution in [3.05, 3.63) is 58.9 Å². The van der Waals surface area contributed by atoms with Gasteiger partial charge in [0, 0.05) is 12.6 Å². The zero-order valence-electron chi connectivity index (χ0n) is 21.5. The summed E-state index contributed by atoms with van der Waals surface area (Å²) >= 11 is 0. The van der Waals surface area contributed by atoms with Crippen LogP contribution < -0.4 is 20.1 Å². The molecule has 0 aromatic heterocycles. The fourth-order valence-corrected chi connectivity index (χ4v) is 4.07. The molecule has 2 N–H and O–H groups in total. The van der Waals surface area contributed by atoms with Crippen LogP contribution in [0.25, 0.3) is 0 Å². The lowest BCUT2D eigenvalue weighted by atomic mass is 9.86. The predicted molar refractivity (Wildman–Crippen MR) is 131 cm³/mol. The van der Waals surface area contributed by atoms with E-state index in [-0.39, 0.29) is 25.1 Å². The number of rotatable bonds is 8. The minimum Gasteiger partial charge on any atom is -0.497 e. The highest BCUT2D eigenvalue weighted by atomic mass is 19.2. The molecule has 0 aliphatic heterocycles. The van der Waals surface area contributed by atoms with E-state index in [0.717, 1.165) is 0 Å². The molecule has 7 nitrogen and oxygen atoms in total. The zero-order valence-corrected chi connectivity index (χ0v) is 21.5. The fraction of sp³-hybridized carbons (Fsp3) is 0.481. The molecule has 0 radical (unpaired) electrons. The molecule has 0 bridgehead atoms. The molecule has 1 aliphatic carbocycles. The topological polar surface area (TPSA) is 85.9 Å². The van der Waals surface area contributed by atoms with Gasteiger partial charge < -0.3 is 24.8 Å². The summed E-state index contributed by atoms with van der Waals surface area (Å²) in [6.45, 7) is 5.38. The Labute approximate surface area is 214 Å². The number of benzene rings is 2. The molecule has 2 aromatic carbocycles. The van der Waals surface area contributed by atoms with Crippen molar-refractivity contribution in [1.29, 1.82) is 0 Å². The van der Waals surface area contributed by atoms with Crippen LogP contribution >= 0.6 is 0 Å². The molecule has 0 spiro atoms. The minimum atomic E-state index is -1.56. The van der Waals surface area contributed by atoms with Crippen molar-refractivity contribution < 1.29 is 37.0 Å². The van der Waals surface area contributed by atoms with Gasteiger partial charge in [-0.3, -0.25) is 4.79 Å². The van der Waals surface area contributed by atoms with Gasteiger partial charge in [-0.15, -0.1) is 0 Å². The molecule has 0 unspecified atom stereocenters. The number of ether oxygens (including phenoxy) is 3. The molecule has 0 heterocycles. The molecule has 0 saturated heterocycles. The summed E-state index contributed by atoms with van der Waals surface area (Å²) in [5, 5.41) is 5.40. The van der Waals surface area contributed by atoms with Gasteiger partial charge in [0.2, 0.25) is 5.82 Å². The van der Waals surface area contributed by atoms with Crippen molar-refractivity contribution in [1.82, 2.24) is 10.6 Å². The summed E-state index contributed by atoms with van der Waals surface area (Å²) in [6.07, 6.45) is 2.34. The highest BCUT2D eigenvalue weighted by molar-refractivity contribution is 5.94. The molecule has 1 aliphatic rings. The van der Waals surface area contributed by atoms with E-state index in [0.29, 0.717) is 43.1 Å². The van der Waals surface area contributed by atoms with E-state index in [4.69, 9.17) is 14.2 Å². The Bertz CT molecular complexity index is 1090. The number of alkyl carbamates (subject to hydrolysis) is 1. The highest BCUT2D eigenvalue weighted by Crippen LogP contribution is 2.29. The summed E-state index contributed by atoms with van der Waals surface area (Å²) in [7, 11) is 1.51. The molecule has 1 saturated carbocycles. The molecular weight excluding hydrogens is 489 g/mol. The Morgan fingerprint density at radius 1 is 1.00 bits per heavy atom. The molecule has 3 rings (SSSR count). The van der Waals surface area contributed by atoms with Gasteiger partial charge in [-0.1, -0.05) is 12.1 Å². The maximum absolute atomic E-state index is 14.6. The lowest BCUT2D eigenvalue weighted by Gasteiger charge is -2.30. The fourth-order valence-electron chi connectivity index (χ4n) is 4.07. The average molecular weight is 523 g/mol. The van der Waals surface area contributed by atoms with Gasteiger partial charge in [0.25, 0.3) is 5.91 Å². The van der Waals surface area contributed by atoms with Gasteiger partial charge in [0.05, 0.1) is 12.7 Å². The Hall–Kier alpha value is -3.43. The Morgan fingerprint density at radius 2 is 1.65 bits per heavy atom. The normalized spacial score (nSPS) is 17.6. The first-order chi connectivity index (χ1) is 17.5. The van der Waals surface area contributed by atoms with Gasteiger partial charge in [-0.2, -0.15) is 4.39 Å². The molecular formula is C27H33F3N2O5. The van der Waals surface area contributed by atoms with Crippen LogP contribution in [-0.2, 0) is 11.3 Å². The summed E-state index contributed by atoms with van der Waals surface area (Å²) in [5.74, 6) is -5.32. The second-order valence-electron chi connectivity index (χ2n) is 10.1. The lowest BCUT2D eigenvalue weighted by Crippen LogP contribution is -2.42. The molecule has 202 valence electrons. The van der Waals surface area contributed by atoms with Crippen LogP contribution in [0.1, 0.15) is 62.4 Å². The first-order valence-electron chi connectivity index (χ1n) is 12.2. The first kappa shape index (κ1) is 28.1. The van der Waals surface area contributed by atoms with Crippen LogP contribution in [0.2, 0.25) is 0 Å². The van der Waals surface area contributed by atoms with Gasteiger partial charge in [-0.25, -0.2) is 13.6 Å². The molecule has 37 heavy (non-hydrogen) atoms. The Morgan fingerprint density at radius 3 is 2.24 bits per heavy atom. The predicted octanol–water partition coefficient (Wildman–Crippen LogP) is 5.50. The number of nitrogens with one attached hydrogen (secondary N) is 2. The van der Waals surface area contributed by atoms with Gasteiger partial charge >= 0.3 is 6.09 Å². The van der Waals surface area contributed by atoms with Crippen molar-refractivity contribution in [2.45, 2.75) is 64.7 Å². The van der Waals surface area contributed by atoms with E-state index in [9.17, 15) is 22.8 Å². The second-order valence-corrected chi connectivity index (χ2v) is 10.1. The van der Waals surface area contributed by atoms with Gasteiger partial charge in [-0.05, 0) is 76.1 Å². The maximum atomic E-state index is 14.6. The summed E-state index contributed by atoms with van der Waals surface area (Å²) in [5.41, 5.74) is -0.717. The summed E-state index contributed by atoms with van der Waals surface area (Å²) in [4.78, 5) is 24.4. The quantitative estimate of drug-likeness (QED) is 0.447. The van der Waals surface area contributed by atoms with E-state index < -0.39 is 46.4 Å². The second kappa shape index (κ2) is 12.2. The van der Waals surface area contributed by atoms with Crippen molar-refractivity contribution >= 4 is 12.0 Å². The summed E-state index contributed by atoms with van der Waals surface area (Å²) in [6, 6.07) is 7.21. The van der Waals surface area contributed by atoms with E-state index in [2.05, 4.69) is 10.6 Å². The van der Waals surface area contributed by atoms with Crippen LogP contribution in [0, 0.1) is 23.4 Å². The third-order valence-corrected chi connectivity index (χ3v) is 6.02. The average Bonchev–Trinajstić information content (AvgIpc) is 2.84. The van der Waals surface area contributed by atoms with Crippen LogP contribution in [-0.4, -0.2) is 37.3 Å². The van der Waals surface area contributed by atoms with Crippen molar-refractivity contribution in [3.8, 4) is 11.5 Å². The highest BCUT2D eigenvalue weighted by Gasteiger charge is 2.27. The lowest BCUT2D eigenvalue weighted by molar-refractivity contribution is 0.0487. The third kappa shape index (κ3) is 8.03. The van der Waals surface area contributed by atoms with E-state index in [1.807, 2.05) is 0 Å². The Balaban J connectivity index is 1.51. The van der Waals surface area contributed by atoms with Crippen LogP contribution in [0.5, 0.6) is 11.5 Å². The maximum Gasteiger partial charge on any atom is 0.407 e. The van der Waals surface area contributed by atoms with Gasteiger partial charge in [0.15, 0.2) is 17.4 Å². The first-order valence-corrected chi connectivity index (χ1v) is 12.2. The number of methoxy groups -OCH3 is 1. The number of halogens is 3. The zero-order chi connectivity index (χ0) is 27.2. The standard InChI is InChI=1S/C27H33F3N2O5/c1-27(2,3)37-26(34)32-18-9-5-16(6-10-18)14-31-25(33)20-13-21(28)24(23(30)22(20)29)36-15-17-7-11-19(35-4)12-8-17/h7-8,11-13,16,18H,5-6,9-10,14-15H2,1-4H3,(H,31,33)(H,32,34)/t16-,18-. The SMILES string of the molecule is COc1ccc(COc2c(F)cc(C(=O)NC[C@H]3CC[C@H](NC(=O)OC(C)(C)C)CC3)c(F)c2F)cc1. The van der Waals surface area contributed by atoms with Crippen molar-refractivity contribution in [3.63, 3.8) is 0 Å². The molecule has 2 amide bonds. The van der Waals surface area contributed by atoms with Crippen LogP contribution in [0.3, 0.4) is 0 Å². The van der Waals surface area contributed by atoms with Crippen LogP contribution in [0.15, 0.2) is 30.3 Å². The minimum absolute atomic E-state index is 0.0344. The number of hydrogen-bond acceptors (Lipinski definition) is 5. The van der Waals surface area contributed by atoms with E-state index in [1.54, 1.807) is 45.0 Å². The monoisotopic (exact) mass is 522 g/mol. The number of hydrogen-bond donors (Lipinski definition) is 2. The smallest absolute Gasteiger partial charge is 0.407 e. The number of amides is 2. The number of carbonyl (C=O) groups excluding carboxylic acids is 2. The number of carbonyl (C=O) groups is 2. The molecule has 2 aromatic rings. The van der Waals surface area contributed by atoms with E-state index >= 15 is 0 Å². The molecule has 10 heteroatoms. The Kier molecular flexibility index (Phi) is 9.29. The van der Waals surface area contributed by atoms with Gasteiger partial charge in [0.1, 0.15) is 18.0 Å². The third-order valence-electron chi connectivity index (χ3n) is 6.02. The largest absolute Gasteiger partial charge is 0.497 e. The van der Waals surface area contributed by atoms with Crippen molar-refractivity contribution in [2.75, 3.05) is 13.7 Å². The molecule has 0 atom stereocenters. The summed E-state index contributed by atoms with van der Waals surface area (Å²) < 4.78 is 59.2. The van der Waals surface area contributed by atoms with E-state index in [1.165, 1.54) is 7.11 Å². The van der Waals surface area contributed by atoms with Crippen molar-refractivity contribution in [2.24, 2.45) is 5.92 Å².